The van der Waals surface area contributed by atoms with Crippen LogP contribution < -0.4 is 5.73 Å². The number of aryl methyl sites for hydroxylation is 1. The van der Waals surface area contributed by atoms with Crippen molar-refractivity contribution < 1.29 is 4.74 Å². The first-order valence-electron chi connectivity index (χ1n) is 5.62. The Hall–Kier alpha value is -1.20. The molecule has 2 rings (SSSR count). The van der Waals surface area contributed by atoms with Gasteiger partial charge in [-0.25, -0.2) is 9.97 Å². The summed E-state index contributed by atoms with van der Waals surface area (Å²) in [5.41, 5.74) is 6.73. The SMILES string of the molecule is CCc1cc(N)nc(C2CN(C)CCO2)n1. The molecule has 0 bridgehead atoms. The third-order valence-corrected chi connectivity index (χ3v) is 2.74. The molecule has 1 aromatic heterocycles. The summed E-state index contributed by atoms with van der Waals surface area (Å²) in [5.74, 6) is 1.24. The molecule has 0 radical (unpaired) electrons. The van der Waals surface area contributed by atoms with E-state index >= 15 is 0 Å². The highest BCUT2D eigenvalue weighted by atomic mass is 16.5. The molecular formula is C11H18N4O. The van der Waals surface area contributed by atoms with E-state index in [1.165, 1.54) is 0 Å². The van der Waals surface area contributed by atoms with Crippen molar-refractivity contribution in [2.24, 2.45) is 0 Å². The quantitative estimate of drug-likeness (QED) is 0.795. The molecule has 1 aliphatic heterocycles. The normalized spacial score (nSPS) is 22.2. The Labute approximate surface area is 95.6 Å². The zero-order chi connectivity index (χ0) is 11.5. The molecule has 0 saturated carbocycles. The molecule has 5 heteroatoms. The van der Waals surface area contributed by atoms with Gasteiger partial charge in [0.25, 0.3) is 0 Å². The van der Waals surface area contributed by atoms with E-state index in [1.807, 2.05) is 6.07 Å². The molecule has 88 valence electrons. The minimum Gasteiger partial charge on any atom is -0.384 e. The summed E-state index contributed by atoms with van der Waals surface area (Å²) in [6, 6.07) is 1.82. The summed E-state index contributed by atoms with van der Waals surface area (Å²) in [5, 5.41) is 0. The van der Waals surface area contributed by atoms with E-state index in [1.54, 1.807) is 0 Å². The number of rotatable bonds is 2. The van der Waals surface area contributed by atoms with Crippen molar-refractivity contribution in [2.45, 2.75) is 19.4 Å². The van der Waals surface area contributed by atoms with Gasteiger partial charge in [-0.2, -0.15) is 0 Å². The zero-order valence-corrected chi connectivity index (χ0v) is 9.81. The number of likely N-dealkylation sites (N-methyl/N-ethyl adjacent to an activating group) is 1. The lowest BCUT2D eigenvalue weighted by Crippen LogP contribution is -2.36. The van der Waals surface area contributed by atoms with E-state index in [2.05, 4.69) is 28.8 Å². The van der Waals surface area contributed by atoms with Crippen LogP contribution in [0.2, 0.25) is 0 Å². The Kier molecular flexibility index (Phi) is 3.36. The maximum atomic E-state index is 5.76. The second-order valence-corrected chi connectivity index (χ2v) is 4.12. The van der Waals surface area contributed by atoms with Crippen LogP contribution in [0.4, 0.5) is 5.82 Å². The first kappa shape index (κ1) is 11.3. The Morgan fingerprint density at radius 1 is 1.56 bits per heavy atom. The van der Waals surface area contributed by atoms with Crippen LogP contribution in [0, 0.1) is 0 Å². The van der Waals surface area contributed by atoms with Crippen molar-refractivity contribution in [3.63, 3.8) is 0 Å². The van der Waals surface area contributed by atoms with Gasteiger partial charge in [0.2, 0.25) is 0 Å². The molecule has 0 aromatic carbocycles. The number of nitrogens with two attached hydrogens (primary N) is 1. The summed E-state index contributed by atoms with van der Waals surface area (Å²) in [6.45, 7) is 4.56. The summed E-state index contributed by atoms with van der Waals surface area (Å²) < 4.78 is 5.67. The summed E-state index contributed by atoms with van der Waals surface area (Å²) in [6.07, 6.45) is 0.815. The second kappa shape index (κ2) is 4.76. The molecule has 16 heavy (non-hydrogen) atoms. The molecule has 0 amide bonds. The number of morpholine rings is 1. The molecule has 1 unspecified atom stereocenters. The highest BCUT2D eigenvalue weighted by molar-refractivity contribution is 5.30. The van der Waals surface area contributed by atoms with Gasteiger partial charge in [-0.1, -0.05) is 6.92 Å². The Bertz CT molecular complexity index is 369. The number of anilines is 1. The number of hydrogen-bond acceptors (Lipinski definition) is 5. The monoisotopic (exact) mass is 222 g/mol. The number of ether oxygens (including phenoxy) is 1. The van der Waals surface area contributed by atoms with Crippen LogP contribution in [0.3, 0.4) is 0 Å². The third kappa shape index (κ3) is 2.48. The summed E-state index contributed by atoms with van der Waals surface area (Å²) >= 11 is 0. The van der Waals surface area contributed by atoms with Crippen molar-refractivity contribution in [1.29, 1.82) is 0 Å². The largest absolute Gasteiger partial charge is 0.384 e. The van der Waals surface area contributed by atoms with Gasteiger partial charge in [-0.15, -0.1) is 0 Å². The van der Waals surface area contributed by atoms with Crippen LogP contribution in [0.5, 0.6) is 0 Å². The van der Waals surface area contributed by atoms with Gasteiger partial charge in [-0.05, 0) is 13.5 Å². The molecule has 1 fully saturated rings. The highest BCUT2D eigenvalue weighted by Gasteiger charge is 2.22. The fourth-order valence-corrected chi connectivity index (χ4v) is 1.80. The fraction of sp³-hybridized carbons (Fsp3) is 0.636. The van der Waals surface area contributed by atoms with Crippen molar-refractivity contribution in [3.8, 4) is 0 Å². The molecule has 2 N–H and O–H groups in total. The van der Waals surface area contributed by atoms with Gasteiger partial charge < -0.3 is 15.4 Å². The van der Waals surface area contributed by atoms with Crippen LogP contribution in [0.1, 0.15) is 24.5 Å². The molecule has 1 aliphatic rings. The van der Waals surface area contributed by atoms with Gasteiger partial charge in [-0.3, -0.25) is 0 Å². The zero-order valence-electron chi connectivity index (χ0n) is 9.81. The minimum atomic E-state index is -0.0486. The average molecular weight is 222 g/mol. The van der Waals surface area contributed by atoms with Crippen molar-refractivity contribution in [2.75, 3.05) is 32.5 Å². The predicted molar refractivity (Wildman–Crippen MR) is 62.0 cm³/mol. The Morgan fingerprint density at radius 2 is 2.38 bits per heavy atom. The Balaban J connectivity index is 2.21. The average Bonchev–Trinajstić information content (AvgIpc) is 2.28. The van der Waals surface area contributed by atoms with Crippen LogP contribution in [0.15, 0.2) is 6.07 Å². The third-order valence-electron chi connectivity index (χ3n) is 2.74. The topological polar surface area (TPSA) is 64.3 Å². The predicted octanol–water partition coefficient (Wildman–Crippen LogP) is 0.624. The van der Waals surface area contributed by atoms with Gasteiger partial charge >= 0.3 is 0 Å². The van der Waals surface area contributed by atoms with E-state index in [4.69, 9.17) is 10.5 Å². The van der Waals surface area contributed by atoms with E-state index in [-0.39, 0.29) is 6.10 Å². The molecule has 1 aromatic rings. The van der Waals surface area contributed by atoms with Crippen molar-refractivity contribution in [1.82, 2.24) is 14.9 Å². The number of aromatic nitrogens is 2. The van der Waals surface area contributed by atoms with E-state index < -0.39 is 0 Å². The van der Waals surface area contributed by atoms with E-state index in [9.17, 15) is 0 Å². The van der Waals surface area contributed by atoms with Crippen LogP contribution in [-0.4, -0.2) is 41.6 Å². The van der Waals surface area contributed by atoms with E-state index in [0.717, 1.165) is 31.8 Å². The molecule has 0 spiro atoms. The first-order valence-corrected chi connectivity index (χ1v) is 5.62. The lowest BCUT2D eigenvalue weighted by atomic mass is 10.2. The van der Waals surface area contributed by atoms with Crippen LogP contribution >= 0.6 is 0 Å². The maximum absolute atomic E-state index is 5.76. The van der Waals surface area contributed by atoms with Gasteiger partial charge in [0.15, 0.2) is 5.82 Å². The smallest absolute Gasteiger partial charge is 0.161 e. The second-order valence-electron chi connectivity index (χ2n) is 4.12. The molecule has 1 saturated heterocycles. The maximum Gasteiger partial charge on any atom is 0.161 e. The molecule has 5 nitrogen and oxygen atoms in total. The van der Waals surface area contributed by atoms with Gasteiger partial charge in [0.1, 0.15) is 11.9 Å². The lowest BCUT2D eigenvalue weighted by molar-refractivity contribution is -0.0255. The Morgan fingerprint density at radius 3 is 3.06 bits per heavy atom. The number of hydrogen-bond donors (Lipinski definition) is 1. The van der Waals surface area contributed by atoms with Crippen LogP contribution in [0.25, 0.3) is 0 Å². The fourth-order valence-electron chi connectivity index (χ4n) is 1.80. The first-order chi connectivity index (χ1) is 7.69. The minimum absolute atomic E-state index is 0.0486. The van der Waals surface area contributed by atoms with E-state index in [0.29, 0.717) is 11.6 Å². The molecule has 0 aliphatic carbocycles. The van der Waals surface area contributed by atoms with Crippen molar-refractivity contribution >= 4 is 5.82 Å². The van der Waals surface area contributed by atoms with Crippen LogP contribution in [-0.2, 0) is 11.2 Å². The molecule has 2 heterocycles. The highest BCUT2D eigenvalue weighted by Crippen LogP contribution is 2.19. The standard InChI is InChI=1S/C11H18N4O/c1-3-8-6-10(12)14-11(13-8)9-7-15(2)4-5-16-9/h6,9H,3-5,7H2,1-2H3,(H2,12,13,14). The van der Waals surface area contributed by atoms with Gasteiger partial charge in [0.05, 0.1) is 6.61 Å². The number of nitrogen functional groups attached to an aromatic ring is 1. The summed E-state index contributed by atoms with van der Waals surface area (Å²) in [7, 11) is 2.07. The van der Waals surface area contributed by atoms with Crippen molar-refractivity contribution in [3.05, 3.63) is 17.6 Å². The van der Waals surface area contributed by atoms with Gasteiger partial charge in [0, 0.05) is 24.8 Å². The lowest BCUT2D eigenvalue weighted by Gasteiger charge is -2.29. The molecular weight excluding hydrogens is 204 g/mol. The molecule has 1 atom stereocenters. The number of nitrogens with zero attached hydrogens (tertiary/aromatic N) is 3. The summed E-state index contributed by atoms with van der Waals surface area (Å²) in [4.78, 5) is 10.9.